The Morgan fingerprint density at radius 1 is 1.18 bits per heavy atom. The number of ether oxygens (including phenoxy) is 1. The molecule has 148 valence electrons. The van der Waals surface area contributed by atoms with Gasteiger partial charge in [0.1, 0.15) is 5.75 Å². The zero-order valence-electron chi connectivity index (χ0n) is 16.3. The van der Waals surface area contributed by atoms with Gasteiger partial charge in [-0.25, -0.2) is 4.98 Å². The first-order valence-electron chi connectivity index (χ1n) is 9.13. The van der Waals surface area contributed by atoms with Crippen LogP contribution in [-0.4, -0.2) is 49.6 Å². The minimum atomic E-state index is -0.0832. The molecule has 0 aliphatic rings. The summed E-state index contributed by atoms with van der Waals surface area (Å²) in [4.78, 5) is 21.5. The van der Waals surface area contributed by atoms with E-state index in [1.807, 2.05) is 63.5 Å². The average Bonchev–Trinajstić information content (AvgIpc) is 3.06. The van der Waals surface area contributed by atoms with Crippen molar-refractivity contribution >= 4 is 48.5 Å². The van der Waals surface area contributed by atoms with Crippen LogP contribution in [0.4, 0.5) is 5.13 Å². The highest BCUT2D eigenvalue weighted by atomic mass is 79.9. The second-order valence-electron chi connectivity index (χ2n) is 6.86. The fraction of sp³-hybridized carbons (Fsp3) is 0.333. The Morgan fingerprint density at radius 2 is 1.96 bits per heavy atom. The summed E-state index contributed by atoms with van der Waals surface area (Å²) in [6.07, 6.45) is 0.864. The van der Waals surface area contributed by atoms with Crippen LogP contribution in [0.25, 0.3) is 10.2 Å². The molecule has 1 amide bonds. The Bertz CT molecular complexity index is 958. The molecular weight excluding hydrogens is 438 g/mol. The number of hydrogen-bond acceptors (Lipinski definition) is 5. The van der Waals surface area contributed by atoms with Gasteiger partial charge in [-0.2, -0.15) is 0 Å². The average molecular weight is 462 g/mol. The monoisotopic (exact) mass is 461 g/mol. The van der Waals surface area contributed by atoms with Crippen LogP contribution in [0.1, 0.15) is 12.0 Å². The van der Waals surface area contributed by atoms with E-state index in [0.29, 0.717) is 11.7 Å². The number of para-hydroxylation sites is 1. The standard InChI is InChI=1S/C21H24BrN3O2S/c1-15-7-4-5-8-18(15)27-14-20(26)25(12-6-11-24(2)3)21-23-17-10-9-16(22)13-19(17)28-21/h4-5,7-10,13H,6,11-12,14H2,1-3H3. The second kappa shape index (κ2) is 9.49. The molecule has 0 aliphatic carbocycles. The summed E-state index contributed by atoms with van der Waals surface area (Å²) in [7, 11) is 4.06. The molecule has 5 nitrogen and oxygen atoms in total. The summed E-state index contributed by atoms with van der Waals surface area (Å²) in [5.41, 5.74) is 1.91. The SMILES string of the molecule is Cc1ccccc1OCC(=O)N(CCCN(C)C)c1nc2ccc(Br)cc2s1. The molecule has 28 heavy (non-hydrogen) atoms. The molecule has 0 bridgehead atoms. The molecule has 0 unspecified atom stereocenters. The number of fused-ring (bicyclic) bond motifs is 1. The first-order chi connectivity index (χ1) is 13.4. The Morgan fingerprint density at radius 3 is 2.71 bits per heavy atom. The van der Waals surface area contributed by atoms with E-state index in [-0.39, 0.29) is 12.5 Å². The molecule has 1 aromatic heterocycles. The Kier molecular flexibility index (Phi) is 7.04. The zero-order valence-corrected chi connectivity index (χ0v) is 18.7. The lowest BCUT2D eigenvalue weighted by Gasteiger charge is -2.21. The molecule has 0 radical (unpaired) electrons. The molecule has 0 fully saturated rings. The van der Waals surface area contributed by atoms with E-state index in [9.17, 15) is 4.79 Å². The largest absolute Gasteiger partial charge is 0.483 e. The molecule has 7 heteroatoms. The highest BCUT2D eigenvalue weighted by Crippen LogP contribution is 2.31. The number of thiazole rings is 1. The maximum absolute atomic E-state index is 13.0. The quantitative estimate of drug-likeness (QED) is 0.486. The number of aromatic nitrogens is 1. The molecule has 3 rings (SSSR count). The van der Waals surface area contributed by atoms with Crippen molar-refractivity contribution in [3.05, 3.63) is 52.5 Å². The second-order valence-corrected chi connectivity index (χ2v) is 8.79. The predicted octanol–water partition coefficient (Wildman–Crippen LogP) is 4.73. The fourth-order valence-electron chi connectivity index (χ4n) is 2.81. The van der Waals surface area contributed by atoms with Crippen LogP contribution in [0, 0.1) is 6.92 Å². The number of anilines is 1. The van der Waals surface area contributed by atoms with Crippen LogP contribution < -0.4 is 9.64 Å². The molecule has 2 aromatic carbocycles. The molecule has 0 atom stereocenters. The third-order valence-corrected chi connectivity index (χ3v) is 5.84. The van der Waals surface area contributed by atoms with E-state index in [4.69, 9.17) is 4.74 Å². The normalized spacial score (nSPS) is 11.2. The number of nitrogens with zero attached hydrogens (tertiary/aromatic N) is 3. The molecule has 0 spiro atoms. The van der Waals surface area contributed by atoms with E-state index >= 15 is 0 Å². The van der Waals surface area contributed by atoms with E-state index < -0.39 is 0 Å². The number of benzene rings is 2. The van der Waals surface area contributed by atoms with Gasteiger partial charge in [-0.1, -0.05) is 45.5 Å². The first kappa shape index (κ1) is 20.8. The van der Waals surface area contributed by atoms with Crippen LogP contribution >= 0.6 is 27.3 Å². The molecule has 0 saturated heterocycles. The molecule has 0 N–H and O–H groups in total. The van der Waals surface area contributed by atoms with Gasteiger partial charge in [0.25, 0.3) is 5.91 Å². The molecule has 0 aliphatic heterocycles. The van der Waals surface area contributed by atoms with E-state index in [0.717, 1.165) is 39.0 Å². The van der Waals surface area contributed by atoms with Gasteiger partial charge in [0.15, 0.2) is 11.7 Å². The van der Waals surface area contributed by atoms with Gasteiger partial charge >= 0.3 is 0 Å². The maximum Gasteiger partial charge on any atom is 0.266 e. The molecule has 3 aromatic rings. The van der Waals surface area contributed by atoms with Crippen molar-refractivity contribution in [2.45, 2.75) is 13.3 Å². The van der Waals surface area contributed by atoms with Gasteiger partial charge in [0.05, 0.1) is 10.2 Å². The Hall–Kier alpha value is -1.96. The van der Waals surface area contributed by atoms with E-state index in [1.165, 1.54) is 11.3 Å². The van der Waals surface area contributed by atoms with Crippen molar-refractivity contribution in [3.63, 3.8) is 0 Å². The van der Waals surface area contributed by atoms with Crippen LogP contribution in [0.5, 0.6) is 5.75 Å². The van der Waals surface area contributed by atoms with Crippen molar-refractivity contribution in [1.29, 1.82) is 0 Å². The Balaban J connectivity index is 1.78. The van der Waals surface area contributed by atoms with Crippen LogP contribution in [0.15, 0.2) is 46.9 Å². The van der Waals surface area contributed by atoms with Crippen molar-refractivity contribution in [3.8, 4) is 5.75 Å². The van der Waals surface area contributed by atoms with Gasteiger partial charge in [-0.15, -0.1) is 0 Å². The van der Waals surface area contributed by atoms with Crippen molar-refractivity contribution in [2.24, 2.45) is 0 Å². The third kappa shape index (κ3) is 5.31. The highest BCUT2D eigenvalue weighted by Gasteiger charge is 2.20. The fourth-order valence-corrected chi connectivity index (χ4v) is 4.37. The first-order valence-corrected chi connectivity index (χ1v) is 10.7. The zero-order chi connectivity index (χ0) is 20.1. The number of amides is 1. The summed E-state index contributed by atoms with van der Waals surface area (Å²) < 4.78 is 7.84. The molecule has 1 heterocycles. The highest BCUT2D eigenvalue weighted by molar-refractivity contribution is 9.10. The number of rotatable bonds is 8. The van der Waals surface area contributed by atoms with Crippen molar-refractivity contribution in [2.75, 3.05) is 38.7 Å². The summed E-state index contributed by atoms with van der Waals surface area (Å²) in [6, 6.07) is 13.7. The third-order valence-electron chi connectivity index (χ3n) is 4.30. The lowest BCUT2D eigenvalue weighted by atomic mass is 10.2. The van der Waals surface area contributed by atoms with Gasteiger partial charge in [0.2, 0.25) is 0 Å². The smallest absolute Gasteiger partial charge is 0.266 e. The summed E-state index contributed by atoms with van der Waals surface area (Å²) in [5.74, 6) is 0.650. The minimum absolute atomic E-state index is 0.00750. The molecular formula is C21H24BrN3O2S. The lowest BCUT2D eigenvalue weighted by Crippen LogP contribution is -2.36. The summed E-state index contributed by atoms with van der Waals surface area (Å²) >= 11 is 5.02. The van der Waals surface area contributed by atoms with Crippen LogP contribution in [0.2, 0.25) is 0 Å². The van der Waals surface area contributed by atoms with E-state index in [2.05, 4.69) is 25.8 Å². The number of carbonyl (C=O) groups excluding carboxylic acids is 1. The number of halogens is 1. The van der Waals surface area contributed by atoms with Crippen LogP contribution in [0.3, 0.4) is 0 Å². The number of carbonyl (C=O) groups is 1. The number of hydrogen-bond donors (Lipinski definition) is 0. The lowest BCUT2D eigenvalue weighted by molar-refractivity contribution is -0.120. The van der Waals surface area contributed by atoms with Gasteiger partial charge in [-0.3, -0.25) is 9.69 Å². The summed E-state index contributed by atoms with van der Waals surface area (Å²) in [5, 5.41) is 0.713. The predicted molar refractivity (Wildman–Crippen MR) is 120 cm³/mol. The van der Waals surface area contributed by atoms with Gasteiger partial charge in [-0.05, 0) is 63.8 Å². The maximum atomic E-state index is 13.0. The topological polar surface area (TPSA) is 45.7 Å². The van der Waals surface area contributed by atoms with Gasteiger partial charge < -0.3 is 9.64 Å². The van der Waals surface area contributed by atoms with Crippen molar-refractivity contribution in [1.82, 2.24) is 9.88 Å². The Labute approximate surface area is 178 Å². The van der Waals surface area contributed by atoms with Crippen LogP contribution in [-0.2, 0) is 4.79 Å². The number of aryl methyl sites for hydroxylation is 1. The molecule has 0 saturated carbocycles. The summed E-state index contributed by atoms with van der Waals surface area (Å²) in [6.45, 7) is 3.47. The van der Waals surface area contributed by atoms with Crippen molar-refractivity contribution < 1.29 is 9.53 Å². The minimum Gasteiger partial charge on any atom is -0.483 e. The van der Waals surface area contributed by atoms with Gasteiger partial charge in [0, 0.05) is 11.0 Å². The van der Waals surface area contributed by atoms with E-state index in [1.54, 1.807) is 4.90 Å².